The van der Waals surface area contributed by atoms with Crippen molar-refractivity contribution in [3.63, 3.8) is 0 Å². The summed E-state index contributed by atoms with van der Waals surface area (Å²) in [6.45, 7) is 1.33. The molecule has 1 fully saturated rings. The molecular weight excluding hydrogens is 426 g/mol. The van der Waals surface area contributed by atoms with Crippen molar-refractivity contribution in [1.82, 2.24) is 9.78 Å². The average molecular weight is 454 g/mol. The Morgan fingerprint density at radius 3 is 2.74 bits per heavy atom. The van der Waals surface area contributed by atoms with E-state index < -0.39 is 0 Å². The van der Waals surface area contributed by atoms with Gasteiger partial charge in [0, 0.05) is 30.2 Å². The second-order valence-corrected chi connectivity index (χ2v) is 9.04. The monoisotopic (exact) mass is 453 g/mol. The molecule has 3 heterocycles. The van der Waals surface area contributed by atoms with E-state index in [1.165, 1.54) is 12.0 Å². The van der Waals surface area contributed by atoms with Crippen molar-refractivity contribution in [2.45, 2.75) is 38.5 Å². The van der Waals surface area contributed by atoms with E-state index in [1.807, 2.05) is 52.2 Å². The molecule has 1 unspecified atom stereocenters. The van der Waals surface area contributed by atoms with E-state index in [2.05, 4.69) is 29.5 Å². The van der Waals surface area contributed by atoms with E-state index in [4.69, 9.17) is 9.47 Å². The Labute approximate surface area is 198 Å². The lowest BCUT2D eigenvalue weighted by Gasteiger charge is -2.22. The van der Waals surface area contributed by atoms with Gasteiger partial charge >= 0.3 is 0 Å². The first kappa shape index (κ1) is 20.9. The molecule has 1 atom stereocenters. The maximum absolute atomic E-state index is 13.3. The van der Waals surface area contributed by atoms with Crippen LogP contribution in [0, 0.1) is 0 Å². The van der Waals surface area contributed by atoms with Crippen molar-refractivity contribution in [1.29, 1.82) is 0 Å². The molecule has 6 rings (SSSR count). The molecule has 0 spiro atoms. The highest BCUT2D eigenvalue weighted by Gasteiger charge is 2.30. The summed E-state index contributed by atoms with van der Waals surface area (Å²) in [5.74, 6) is 0.862. The molecule has 0 N–H and O–H groups in total. The highest BCUT2D eigenvalue weighted by molar-refractivity contribution is 6.25. The fourth-order valence-corrected chi connectivity index (χ4v) is 5.11. The molecule has 1 saturated heterocycles. The largest absolute Gasteiger partial charge is 0.497 e. The zero-order chi connectivity index (χ0) is 23.1. The molecule has 6 heteroatoms. The Balaban J connectivity index is 1.30. The van der Waals surface area contributed by atoms with Crippen LogP contribution in [0.25, 0.3) is 10.8 Å². The summed E-state index contributed by atoms with van der Waals surface area (Å²) >= 11 is 0. The van der Waals surface area contributed by atoms with Crippen LogP contribution in [0.5, 0.6) is 5.75 Å². The number of benzene rings is 3. The Hall–Kier alpha value is -3.64. The van der Waals surface area contributed by atoms with Crippen molar-refractivity contribution < 1.29 is 14.3 Å². The van der Waals surface area contributed by atoms with Gasteiger partial charge in [-0.3, -0.25) is 4.79 Å². The number of hydrogen-bond donors (Lipinski definition) is 0. The van der Waals surface area contributed by atoms with Gasteiger partial charge in [0.2, 0.25) is 0 Å². The van der Waals surface area contributed by atoms with Gasteiger partial charge in [0.25, 0.3) is 5.91 Å². The molecule has 0 bridgehead atoms. The SMILES string of the molecule is COc1ccc(CN2C(=O)c3cccc4c(Cc5cnn(C6CCCCO6)c5)ccc2c34)cc1. The first-order valence-electron chi connectivity index (χ1n) is 11.9. The lowest BCUT2D eigenvalue weighted by Crippen LogP contribution is -2.25. The molecule has 3 aromatic carbocycles. The molecule has 6 nitrogen and oxygen atoms in total. The molecule has 34 heavy (non-hydrogen) atoms. The van der Waals surface area contributed by atoms with Crippen molar-refractivity contribution >= 4 is 22.4 Å². The van der Waals surface area contributed by atoms with Crippen molar-refractivity contribution in [2.75, 3.05) is 18.6 Å². The molecule has 0 radical (unpaired) electrons. The molecule has 1 amide bonds. The summed E-state index contributed by atoms with van der Waals surface area (Å²) in [6, 6.07) is 18.2. The van der Waals surface area contributed by atoms with Crippen LogP contribution in [0.4, 0.5) is 5.69 Å². The summed E-state index contributed by atoms with van der Waals surface area (Å²) in [7, 11) is 1.66. The lowest BCUT2D eigenvalue weighted by molar-refractivity contribution is -0.0395. The zero-order valence-corrected chi connectivity index (χ0v) is 19.2. The number of nitrogens with zero attached hydrogens (tertiary/aromatic N) is 3. The third-order valence-electron chi connectivity index (χ3n) is 6.88. The van der Waals surface area contributed by atoms with Gasteiger partial charge in [0.1, 0.15) is 12.0 Å². The third-order valence-corrected chi connectivity index (χ3v) is 6.88. The molecule has 0 aliphatic carbocycles. The Bertz CT molecular complexity index is 1350. The molecule has 0 saturated carbocycles. The number of amides is 1. The van der Waals surface area contributed by atoms with E-state index in [1.54, 1.807) is 7.11 Å². The van der Waals surface area contributed by atoms with E-state index in [9.17, 15) is 4.79 Å². The van der Waals surface area contributed by atoms with E-state index >= 15 is 0 Å². The lowest BCUT2D eigenvalue weighted by atomic mass is 9.97. The van der Waals surface area contributed by atoms with Gasteiger partial charge in [0.05, 0.1) is 25.5 Å². The molecule has 2 aliphatic heterocycles. The summed E-state index contributed by atoms with van der Waals surface area (Å²) in [5, 5.41) is 6.74. The van der Waals surface area contributed by atoms with Crippen LogP contribution in [0.15, 0.2) is 67.0 Å². The van der Waals surface area contributed by atoms with Gasteiger partial charge in [0.15, 0.2) is 0 Å². The van der Waals surface area contributed by atoms with Gasteiger partial charge in [-0.05, 0) is 65.6 Å². The predicted molar refractivity (Wildman–Crippen MR) is 131 cm³/mol. The zero-order valence-electron chi connectivity index (χ0n) is 19.2. The van der Waals surface area contributed by atoms with Gasteiger partial charge in [-0.25, -0.2) is 4.68 Å². The van der Waals surface area contributed by atoms with Crippen LogP contribution in [-0.2, 0) is 17.7 Å². The number of anilines is 1. The van der Waals surface area contributed by atoms with Gasteiger partial charge < -0.3 is 14.4 Å². The Morgan fingerprint density at radius 1 is 1.06 bits per heavy atom. The normalized spacial score (nSPS) is 17.5. The van der Waals surface area contributed by atoms with Gasteiger partial charge in [-0.1, -0.05) is 30.3 Å². The van der Waals surface area contributed by atoms with Gasteiger partial charge in [-0.15, -0.1) is 0 Å². The molecular formula is C28H27N3O3. The summed E-state index contributed by atoms with van der Waals surface area (Å²) in [4.78, 5) is 15.2. The van der Waals surface area contributed by atoms with Crippen LogP contribution in [0.1, 0.15) is 52.5 Å². The average Bonchev–Trinajstić information content (AvgIpc) is 3.46. The van der Waals surface area contributed by atoms with Crippen LogP contribution >= 0.6 is 0 Å². The third kappa shape index (κ3) is 3.64. The number of hydrogen-bond acceptors (Lipinski definition) is 4. The van der Waals surface area contributed by atoms with E-state index in [0.29, 0.717) is 6.54 Å². The number of aromatic nitrogens is 2. The Morgan fingerprint density at radius 2 is 1.94 bits per heavy atom. The van der Waals surface area contributed by atoms with Crippen molar-refractivity contribution in [3.05, 3.63) is 89.2 Å². The molecule has 172 valence electrons. The first-order chi connectivity index (χ1) is 16.7. The molecule has 2 aliphatic rings. The fraction of sp³-hybridized carbons (Fsp3) is 0.286. The maximum Gasteiger partial charge on any atom is 0.259 e. The standard InChI is InChI=1S/C28H27N3O3/c1-33-22-11-8-19(9-12-22)17-30-25-13-10-21(23-5-4-6-24(27(23)25)28(30)32)15-20-16-29-31(18-20)26-7-2-3-14-34-26/h4-6,8-13,16,18,26H,2-3,7,14-15,17H2,1H3. The van der Waals surface area contributed by atoms with E-state index in [-0.39, 0.29) is 12.1 Å². The minimum absolute atomic E-state index is 0.0411. The minimum atomic E-state index is 0.0411. The molecule has 1 aromatic heterocycles. The minimum Gasteiger partial charge on any atom is -0.497 e. The maximum atomic E-state index is 13.3. The van der Waals surface area contributed by atoms with Gasteiger partial charge in [-0.2, -0.15) is 5.10 Å². The van der Waals surface area contributed by atoms with Crippen LogP contribution in [-0.4, -0.2) is 29.4 Å². The fourth-order valence-electron chi connectivity index (χ4n) is 5.11. The quantitative estimate of drug-likeness (QED) is 0.387. The summed E-state index contributed by atoms with van der Waals surface area (Å²) in [5.41, 5.74) is 5.16. The smallest absolute Gasteiger partial charge is 0.259 e. The molecule has 4 aromatic rings. The van der Waals surface area contributed by atoms with Crippen LogP contribution in [0.2, 0.25) is 0 Å². The first-order valence-corrected chi connectivity index (χ1v) is 11.9. The number of rotatable bonds is 6. The second-order valence-electron chi connectivity index (χ2n) is 9.04. The highest BCUT2D eigenvalue weighted by Crippen LogP contribution is 2.40. The van der Waals surface area contributed by atoms with Crippen molar-refractivity contribution in [2.24, 2.45) is 0 Å². The predicted octanol–water partition coefficient (Wildman–Crippen LogP) is 5.50. The topological polar surface area (TPSA) is 56.6 Å². The van der Waals surface area contributed by atoms with Crippen LogP contribution < -0.4 is 9.64 Å². The highest BCUT2D eigenvalue weighted by atomic mass is 16.5. The van der Waals surface area contributed by atoms with Crippen molar-refractivity contribution in [3.8, 4) is 5.75 Å². The number of carbonyl (C=O) groups excluding carboxylic acids is 1. The number of methoxy groups -OCH3 is 1. The Kier molecular flexibility index (Phi) is 5.30. The van der Waals surface area contributed by atoms with Crippen LogP contribution in [0.3, 0.4) is 0 Å². The number of carbonyl (C=O) groups is 1. The second kappa shape index (κ2) is 8.61. The number of ether oxygens (including phenoxy) is 2. The summed E-state index contributed by atoms with van der Waals surface area (Å²) < 4.78 is 13.1. The van der Waals surface area contributed by atoms with E-state index in [0.717, 1.165) is 64.8 Å². The summed E-state index contributed by atoms with van der Waals surface area (Å²) in [6.07, 6.45) is 8.14.